The molecule has 208 valence electrons. The molecule has 39 heavy (non-hydrogen) atoms. The van der Waals surface area contributed by atoms with Crippen molar-refractivity contribution in [3.63, 3.8) is 0 Å². The Morgan fingerprint density at radius 2 is 1.97 bits per heavy atom. The molecule has 1 aromatic carbocycles. The number of carbonyl (C=O) groups is 1. The standard InChI is InChI=1S/C27H31F2N5O5/c1-4-18-13-19(5-6-20(18)27(36)38-12-11-37-10-9-35)39-26-25-31-14-22(34(25)8-7-30-26)21-16-33(15-17(2)3)32-23(21)24(28)29/h5-8,13-14,16-17,24,35H,4,9-12,15H2,1-3H3. The van der Waals surface area contributed by atoms with E-state index in [1.54, 1.807) is 35.0 Å². The second kappa shape index (κ2) is 12.8. The van der Waals surface area contributed by atoms with E-state index in [0.29, 0.717) is 41.2 Å². The van der Waals surface area contributed by atoms with Crippen LogP contribution in [-0.2, 0) is 22.4 Å². The second-order valence-corrected chi connectivity index (χ2v) is 9.16. The van der Waals surface area contributed by atoms with Gasteiger partial charge >= 0.3 is 5.97 Å². The predicted octanol–water partition coefficient (Wildman–Crippen LogP) is 4.71. The molecule has 0 aliphatic heterocycles. The maximum atomic E-state index is 13.8. The molecule has 0 saturated carbocycles. The van der Waals surface area contributed by atoms with Gasteiger partial charge < -0.3 is 19.3 Å². The van der Waals surface area contributed by atoms with Crippen LogP contribution in [0.3, 0.4) is 0 Å². The maximum absolute atomic E-state index is 13.8. The van der Waals surface area contributed by atoms with Crippen molar-refractivity contribution in [1.29, 1.82) is 0 Å². The van der Waals surface area contributed by atoms with E-state index in [2.05, 4.69) is 15.1 Å². The largest absolute Gasteiger partial charge is 0.460 e. The number of rotatable bonds is 13. The minimum atomic E-state index is -2.75. The lowest BCUT2D eigenvalue weighted by Gasteiger charge is -2.12. The van der Waals surface area contributed by atoms with Crippen LogP contribution in [0.5, 0.6) is 11.6 Å². The third-order valence-corrected chi connectivity index (χ3v) is 5.81. The average molecular weight is 544 g/mol. The lowest BCUT2D eigenvalue weighted by molar-refractivity contribution is 0.0257. The molecule has 4 aromatic rings. The van der Waals surface area contributed by atoms with E-state index in [1.807, 2.05) is 20.8 Å². The summed E-state index contributed by atoms with van der Waals surface area (Å²) in [5.74, 6) is 0.354. The van der Waals surface area contributed by atoms with E-state index >= 15 is 0 Å². The van der Waals surface area contributed by atoms with Crippen LogP contribution in [0.2, 0.25) is 0 Å². The molecule has 0 aliphatic rings. The first kappa shape index (κ1) is 28.1. The highest BCUT2D eigenvalue weighted by molar-refractivity contribution is 5.91. The fourth-order valence-electron chi connectivity index (χ4n) is 4.10. The van der Waals surface area contributed by atoms with Crippen molar-refractivity contribution in [3.8, 4) is 22.9 Å². The summed E-state index contributed by atoms with van der Waals surface area (Å²) in [6.45, 7) is 6.72. The number of aliphatic hydroxyl groups is 1. The summed E-state index contributed by atoms with van der Waals surface area (Å²) >= 11 is 0. The number of benzene rings is 1. The Labute approximate surface area is 224 Å². The Bertz CT molecular complexity index is 1420. The molecule has 12 heteroatoms. The molecule has 0 radical (unpaired) electrons. The van der Waals surface area contributed by atoms with Crippen molar-refractivity contribution in [2.45, 2.75) is 40.2 Å². The smallest absolute Gasteiger partial charge is 0.338 e. The van der Waals surface area contributed by atoms with Crippen LogP contribution in [0.4, 0.5) is 8.78 Å². The SMILES string of the molecule is CCc1cc(Oc2nccn3c(-c4cn(CC(C)C)nc4C(F)F)cnc23)ccc1C(=O)OCCOCCO. The van der Waals surface area contributed by atoms with Crippen LogP contribution in [0.25, 0.3) is 16.9 Å². The summed E-state index contributed by atoms with van der Waals surface area (Å²) in [5.41, 5.74) is 1.87. The van der Waals surface area contributed by atoms with Crippen LogP contribution in [0.1, 0.15) is 48.8 Å². The van der Waals surface area contributed by atoms with Gasteiger partial charge in [-0.05, 0) is 36.1 Å². The monoisotopic (exact) mass is 543 g/mol. The quantitative estimate of drug-likeness (QED) is 0.191. The number of fused-ring (bicyclic) bond motifs is 1. The van der Waals surface area contributed by atoms with Gasteiger partial charge in [0.2, 0.25) is 5.65 Å². The predicted molar refractivity (Wildman–Crippen MR) is 138 cm³/mol. The van der Waals surface area contributed by atoms with Gasteiger partial charge in [-0.25, -0.2) is 23.5 Å². The molecule has 1 N–H and O–H groups in total. The molecule has 0 fully saturated rings. The summed E-state index contributed by atoms with van der Waals surface area (Å²) in [5, 5.41) is 12.8. The van der Waals surface area contributed by atoms with Crippen molar-refractivity contribution in [2.75, 3.05) is 26.4 Å². The van der Waals surface area contributed by atoms with Gasteiger partial charge in [0.1, 0.15) is 18.1 Å². The number of esters is 1. The Balaban J connectivity index is 1.58. The number of hydrogen-bond donors (Lipinski definition) is 1. The molecule has 10 nitrogen and oxygen atoms in total. The van der Waals surface area contributed by atoms with Gasteiger partial charge in [-0.15, -0.1) is 0 Å². The van der Waals surface area contributed by atoms with Crippen LogP contribution < -0.4 is 4.74 Å². The lowest BCUT2D eigenvalue weighted by Crippen LogP contribution is -2.13. The Morgan fingerprint density at radius 1 is 1.15 bits per heavy atom. The van der Waals surface area contributed by atoms with Crippen LogP contribution in [-0.4, -0.2) is 61.7 Å². The molecule has 0 saturated heterocycles. The van der Waals surface area contributed by atoms with Crippen LogP contribution in [0, 0.1) is 5.92 Å². The topological polar surface area (TPSA) is 113 Å². The molecule has 3 heterocycles. The van der Waals surface area contributed by atoms with E-state index in [4.69, 9.17) is 19.3 Å². The zero-order valence-corrected chi connectivity index (χ0v) is 22.0. The molecule has 4 rings (SSSR count). The number of aromatic nitrogens is 5. The van der Waals surface area contributed by atoms with Crippen LogP contribution >= 0.6 is 0 Å². The maximum Gasteiger partial charge on any atom is 0.338 e. The van der Waals surface area contributed by atoms with E-state index in [1.165, 1.54) is 17.1 Å². The lowest BCUT2D eigenvalue weighted by atomic mass is 10.1. The molecule has 3 aromatic heterocycles. The molecular weight excluding hydrogens is 512 g/mol. The molecule has 0 amide bonds. The average Bonchev–Trinajstić information content (AvgIpc) is 3.52. The van der Waals surface area contributed by atoms with Gasteiger partial charge in [0.05, 0.1) is 37.3 Å². The van der Waals surface area contributed by atoms with E-state index in [0.717, 1.165) is 0 Å². The Kier molecular flexibility index (Phi) is 9.20. The van der Waals surface area contributed by atoms with Crippen molar-refractivity contribution in [3.05, 3.63) is 59.8 Å². The zero-order chi connectivity index (χ0) is 27.9. The van der Waals surface area contributed by atoms with Crippen molar-refractivity contribution in [1.82, 2.24) is 24.1 Å². The highest BCUT2D eigenvalue weighted by Gasteiger charge is 2.23. The number of halogens is 2. The second-order valence-electron chi connectivity index (χ2n) is 9.16. The molecule has 0 aliphatic carbocycles. The number of alkyl halides is 2. The number of aliphatic hydroxyl groups excluding tert-OH is 1. The van der Waals surface area contributed by atoms with Gasteiger partial charge in [0.25, 0.3) is 12.3 Å². The number of imidazole rings is 1. The first-order valence-electron chi connectivity index (χ1n) is 12.7. The van der Waals surface area contributed by atoms with Crippen molar-refractivity contribution in [2.24, 2.45) is 5.92 Å². The fourth-order valence-corrected chi connectivity index (χ4v) is 4.10. The van der Waals surface area contributed by atoms with Gasteiger partial charge in [-0.1, -0.05) is 20.8 Å². The third-order valence-electron chi connectivity index (χ3n) is 5.81. The minimum absolute atomic E-state index is 0.0675. The summed E-state index contributed by atoms with van der Waals surface area (Å²) in [6, 6.07) is 4.96. The van der Waals surface area contributed by atoms with E-state index < -0.39 is 12.4 Å². The normalized spacial score (nSPS) is 11.6. The summed E-state index contributed by atoms with van der Waals surface area (Å²) in [6.07, 6.45) is 4.02. The minimum Gasteiger partial charge on any atom is -0.460 e. The van der Waals surface area contributed by atoms with E-state index in [-0.39, 0.29) is 49.5 Å². The molecule has 0 atom stereocenters. The first-order valence-corrected chi connectivity index (χ1v) is 12.7. The Hall–Kier alpha value is -3.90. The summed E-state index contributed by atoms with van der Waals surface area (Å²) < 4.78 is 47.2. The molecular formula is C27H31F2N5O5. The number of carbonyl (C=O) groups excluding carboxylic acids is 1. The van der Waals surface area contributed by atoms with Crippen LogP contribution in [0.15, 0.2) is 43.0 Å². The summed E-state index contributed by atoms with van der Waals surface area (Å²) in [4.78, 5) is 21.2. The molecule has 0 spiro atoms. The van der Waals surface area contributed by atoms with Gasteiger partial charge in [0, 0.05) is 30.7 Å². The van der Waals surface area contributed by atoms with Crippen molar-refractivity contribution < 1.29 is 32.9 Å². The Morgan fingerprint density at radius 3 is 2.69 bits per heavy atom. The fraction of sp³-hybridized carbons (Fsp3) is 0.407. The number of nitrogens with zero attached hydrogens (tertiary/aromatic N) is 5. The van der Waals surface area contributed by atoms with Crippen molar-refractivity contribution >= 4 is 11.6 Å². The van der Waals surface area contributed by atoms with Gasteiger partial charge in [-0.3, -0.25) is 9.08 Å². The summed E-state index contributed by atoms with van der Waals surface area (Å²) in [7, 11) is 0. The third kappa shape index (κ3) is 6.58. The molecule has 0 unspecified atom stereocenters. The zero-order valence-electron chi connectivity index (χ0n) is 22.0. The number of ether oxygens (including phenoxy) is 3. The number of aryl methyl sites for hydroxylation is 1. The highest BCUT2D eigenvalue weighted by atomic mass is 19.3. The van der Waals surface area contributed by atoms with Gasteiger partial charge in [0.15, 0.2) is 0 Å². The highest BCUT2D eigenvalue weighted by Crippen LogP contribution is 2.33. The van der Waals surface area contributed by atoms with Gasteiger partial charge in [-0.2, -0.15) is 5.10 Å². The van der Waals surface area contributed by atoms with E-state index in [9.17, 15) is 13.6 Å². The first-order chi connectivity index (χ1) is 18.8. The number of hydrogen-bond acceptors (Lipinski definition) is 8. The molecule has 0 bridgehead atoms.